The zero-order valence-electron chi connectivity index (χ0n) is 3.60. The summed E-state index contributed by atoms with van der Waals surface area (Å²) in [5.41, 5.74) is 0. The van der Waals surface area contributed by atoms with Crippen molar-refractivity contribution in [3.05, 3.63) is 0 Å². The predicted octanol–water partition coefficient (Wildman–Crippen LogP) is 0.884. The van der Waals surface area contributed by atoms with Crippen molar-refractivity contribution in [3.8, 4) is 0 Å². The molecule has 0 radical (unpaired) electrons. The molecule has 0 aromatic heterocycles. The van der Waals surface area contributed by atoms with E-state index in [0.29, 0.717) is 0 Å². The molecule has 0 aromatic carbocycles. The lowest BCUT2D eigenvalue weighted by atomic mass is 10.8. The van der Waals surface area contributed by atoms with Crippen molar-refractivity contribution in [1.29, 1.82) is 0 Å². The van der Waals surface area contributed by atoms with Crippen LogP contribution in [0.2, 0.25) is 0 Å². The van der Waals surface area contributed by atoms with Gasteiger partial charge in [-0.15, -0.1) is 5.16 Å². The molecule has 0 aromatic rings. The Hall–Kier alpha value is -0.670. The van der Waals surface area contributed by atoms with E-state index in [9.17, 15) is 8.78 Å². The minimum absolute atomic E-state index is 0.663. The number of alkyl halides is 2. The Labute approximate surface area is 39.8 Å². The Morgan fingerprint density at radius 2 is 2.29 bits per heavy atom. The lowest BCUT2D eigenvalue weighted by Crippen LogP contribution is -1.98. The van der Waals surface area contributed by atoms with E-state index in [1.165, 1.54) is 0 Å². The maximum absolute atomic E-state index is 11.0. The van der Waals surface area contributed by atoms with Gasteiger partial charge in [0.1, 0.15) is 0 Å². The molecule has 0 aliphatic carbocycles. The highest BCUT2D eigenvalue weighted by Gasteiger charge is 1.99. The zero-order chi connectivity index (χ0) is 5.70. The van der Waals surface area contributed by atoms with Gasteiger partial charge in [0.2, 0.25) is 0 Å². The summed E-state index contributed by atoms with van der Waals surface area (Å²) in [5.74, 6) is 0. The van der Waals surface area contributed by atoms with E-state index in [1.807, 2.05) is 0 Å². The lowest BCUT2D eigenvalue weighted by Gasteiger charge is -1.92. The topological polar surface area (TPSA) is 21.6 Å². The summed E-state index contributed by atoms with van der Waals surface area (Å²) < 4.78 is 22.0. The quantitative estimate of drug-likeness (QED) is 0.389. The number of hydrogen-bond acceptors (Lipinski definition) is 2. The molecule has 0 atom stereocenters. The van der Waals surface area contributed by atoms with E-state index in [-0.39, 0.29) is 0 Å². The summed E-state index contributed by atoms with van der Waals surface area (Å²) in [6, 6.07) is 0. The number of nitrogens with zero attached hydrogens (tertiary/aromatic N) is 1. The molecule has 0 unspecified atom stereocenters. The van der Waals surface area contributed by atoms with E-state index in [2.05, 4.69) is 16.7 Å². The fraction of sp³-hybridized carbons (Fsp3) is 0.667. The Morgan fingerprint density at radius 3 is 2.43 bits per heavy atom. The first kappa shape index (κ1) is 6.33. The van der Waals surface area contributed by atoms with E-state index in [1.54, 1.807) is 0 Å². The lowest BCUT2D eigenvalue weighted by molar-refractivity contribution is 0.0213. The molecular formula is C3H5F2NO. The Kier molecular flexibility index (Phi) is 3.18. The normalized spacial score (nSPS) is 9.00. The molecular weight excluding hydrogens is 104 g/mol. The molecule has 0 heterocycles. The maximum atomic E-state index is 11.0. The van der Waals surface area contributed by atoms with Crippen LogP contribution in [0.1, 0.15) is 0 Å². The van der Waals surface area contributed by atoms with Crippen molar-refractivity contribution in [2.24, 2.45) is 5.16 Å². The number of rotatable bonds is 3. The summed E-state index contributed by atoms with van der Waals surface area (Å²) >= 11 is 0. The molecule has 42 valence electrons. The average molecular weight is 109 g/mol. The average Bonchev–Trinajstić information content (AvgIpc) is 1.61. The van der Waals surface area contributed by atoms with E-state index in [0.717, 1.165) is 0 Å². The van der Waals surface area contributed by atoms with Crippen LogP contribution in [0.15, 0.2) is 5.16 Å². The van der Waals surface area contributed by atoms with Gasteiger partial charge < -0.3 is 4.84 Å². The minimum atomic E-state index is -2.45. The van der Waals surface area contributed by atoms with Gasteiger partial charge in [-0.3, -0.25) is 0 Å². The van der Waals surface area contributed by atoms with Crippen molar-refractivity contribution in [2.45, 2.75) is 6.43 Å². The van der Waals surface area contributed by atoms with Crippen LogP contribution in [0.3, 0.4) is 0 Å². The summed E-state index contributed by atoms with van der Waals surface area (Å²) in [5, 5.41) is 2.75. The monoisotopic (exact) mass is 109 g/mol. The molecule has 0 saturated carbocycles. The molecule has 7 heavy (non-hydrogen) atoms. The van der Waals surface area contributed by atoms with Gasteiger partial charge >= 0.3 is 0 Å². The second-order valence-corrected chi connectivity index (χ2v) is 0.816. The Balaban J connectivity index is 2.81. The molecule has 0 rings (SSSR count). The SMILES string of the molecule is C=NOCC(F)F. The molecule has 0 saturated heterocycles. The summed E-state index contributed by atoms with van der Waals surface area (Å²) in [7, 11) is 0. The molecule has 0 aliphatic heterocycles. The van der Waals surface area contributed by atoms with Crippen LogP contribution < -0.4 is 0 Å². The first-order valence-corrected chi connectivity index (χ1v) is 1.63. The summed E-state index contributed by atoms with van der Waals surface area (Å²) in [6.07, 6.45) is -2.45. The van der Waals surface area contributed by atoms with Gasteiger partial charge in [0.05, 0.1) is 0 Å². The van der Waals surface area contributed by atoms with Crippen LogP contribution in [0.5, 0.6) is 0 Å². The van der Waals surface area contributed by atoms with Gasteiger partial charge in [-0.25, -0.2) is 8.78 Å². The Bertz CT molecular complexity index is 56.9. The van der Waals surface area contributed by atoms with Crippen LogP contribution >= 0.6 is 0 Å². The highest BCUT2D eigenvalue weighted by molar-refractivity contribution is 5.21. The van der Waals surface area contributed by atoms with Crippen molar-refractivity contribution in [2.75, 3.05) is 6.61 Å². The molecule has 0 fully saturated rings. The maximum Gasteiger partial charge on any atom is 0.274 e. The summed E-state index contributed by atoms with van der Waals surface area (Å²) in [4.78, 5) is 3.86. The fourth-order valence-corrected chi connectivity index (χ4v) is 0.109. The number of halogens is 2. The highest BCUT2D eigenvalue weighted by atomic mass is 19.3. The molecule has 0 bridgehead atoms. The van der Waals surface area contributed by atoms with Crippen LogP contribution in [-0.2, 0) is 4.84 Å². The zero-order valence-corrected chi connectivity index (χ0v) is 3.60. The number of hydrogen-bond donors (Lipinski definition) is 0. The second-order valence-electron chi connectivity index (χ2n) is 0.816. The highest BCUT2D eigenvalue weighted by Crippen LogP contribution is 1.90. The van der Waals surface area contributed by atoms with Gasteiger partial charge in [0, 0.05) is 6.72 Å². The molecule has 2 nitrogen and oxygen atoms in total. The molecule has 0 aliphatic rings. The van der Waals surface area contributed by atoms with Gasteiger partial charge in [-0.2, -0.15) is 0 Å². The van der Waals surface area contributed by atoms with Crippen molar-refractivity contribution < 1.29 is 13.6 Å². The van der Waals surface area contributed by atoms with Crippen molar-refractivity contribution in [3.63, 3.8) is 0 Å². The van der Waals surface area contributed by atoms with Gasteiger partial charge in [-0.1, -0.05) is 0 Å². The summed E-state index contributed by atoms with van der Waals surface area (Å²) in [6.45, 7) is 2.16. The largest absolute Gasteiger partial charge is 0.390 e. The predicted molar refractivity (Wildman–Crippen MR) is 21.5 cm³/mol. The van der Waals surface area contributed by atoms with Gasteiger partial charge in [-0.05, 0) is 0 Å². The van der Waals surface area contributed by atoms with Gasteiger partial charge in [0.15, 0.2) is 6.61 Å². The number of oxime groups is 1. The van der Waals surface area contributed by atoms with Crippen molar-refractivity contribution in [1.82, 2.24) is 0 Å². The third-order valence-corrected chi connectivity index (χ3v) is 0.292. The molecule has 0 amide bonds. The molecule has 0 spiro atoms. The van der Waals surface area contributed by atoms with E-state index in [4.69, 9.17) is 0 Å². The smallest absolute Gasteiger partial charge is 0.274 e. The van der Waals surface area contributed by atoms with Crippen LogP contribution in [0, 0.1) is 0 Å². The molecule has 0 N–H and O–H groups in total. The Morgan fingerprint density at radius 1 is 1.71 bits per heavy atom. The third-order valence-electron chi connectivity index (χ3n) is 0.292. The second kappa shape index (κ2) is 3.52. The first-order chi connectivity index (χ1) is 3.27. The van der Waals surface area contributed by atoms with E-state index < -0.39 is 13.0 Å². The van der Waals surface area contributed by atoms with E-state index >= 15 is 0 Å². The van der Waals surface area contributed by atoms with Crippen LogP contribution in [-0.4, -0.2) is 19.7 Å². The standard InChI is InChI=1S/C3H5F2NO/c1-6-7-2-3(4)5/h3H,1-2H2. The van der Waals surface area contributed by atoms with Crippen LogP contribution in [0.25, 0.3) is 0 Å². The third kappa shape index (κ3) is 5.33. The van der Waals surface area contributed by atoms with Crippen LogP contribution in [0.4, 0.5) is 8.78 Å². The fourth-order valence-electron chi connectivity index (χ4n) is 0.109. The molecule has 4 heteroatoms. The van der Waals surface area contributed by atoms with Gasteiger partial charge in [0.25, 0.3) is 6.43 Å². The van der Waals surface area contributed by atoms with Crippen molar-refractivity contribution >= 4 is 6.72 Å². The first-order valence-electron chi connectivity index (χ1n) is 1.63. The minimum Gasteiger partial charge on any atom is -0.390 e.